The molecule has 0 atom stereocenters. The number of aromatic nitrogens is 2. The molecule has 11 heteroatoms. The molecule has 0 radical (unpaired) electrons. The number of fused-ring (bicyclic) bond motifs is 2. The summed E-state index contributed by atoms with van der Waals surface area (Å²) in [5.74, 6) is 1.02. The topological polar surface area (TPSA) is 120 Å². The van der Waals surface area contributed by atoms with Gasteiger partial charge in [0.05, 0.1) is 36.8 Å². The Hall–Kier alpha value is -3.86. The lowest BCUT2D eigenvalue weighted by Gasteiger charge is -2.38. The first-order valence-corrected chi connectivity index (χ1v) is 11.8. The number of carbonyl (C=O) groups is 2. The van der Waals surface area contributed by atoms with Gasteiger partial charge in [0.1, 0.15) is 19.0 Å². The van der Waals surface area contributed by atoms with Crippen LogP contribution in [0.3, 0.4) is 0 Å². The number of hydrogen-bond acceptors (Lipinski definition) is 6. The predicted molar refractivity (Wildman–Crippen MR) is 131 cm³/mol. The normalized spacial score (nSPS) is 17.2. The maximum Gasteiger partial charge on any atom is 0.413 e. The summed E-state index contributed by atoms with van der Waals surface area (Å²) in [6.45, 7) is 1.03. The Morgan fingerprint density at radius 1 is 1.17 bits per heavy atom. The Labute approximate surface area is 207 Å². The molecule has 0 aliphatic carbocycles. The van der Waals surface area contributed by atoms with Gasteiger partial charge in [-0.2, -0.15) is 0 Å². The van der Waals surface area contributed by atoms with E-state index in [1.807, 2.05) is 36.4 Å². The number of hydrogen-bond donors (Lipinski definition) is 3. The predicted octanol–water partition coefficient (Wildman–Crippen LogP) is 3.52. The second-order valence-corrected chi connectivity index (χ2v) is 9.15. The molecule has 0 spiro atoms. The first-order valence-electron chi connectivity index (χ1n) is 11.8. The summed E-state index contributed by atoms with van der Waals surface area (Å²) in [6, 6.07) is 11.5. The molecule has 3 heterocycles. The van der Waals surface area contributed by atoms with Crippen LogP contribution in [0.15, 0.2) is 36.4 Å². The summed E-state index contributed by atoms with van der Waals surface area (Å²) in [4.78, 5) is 35.5. The number of ether oxygens (including phenoxy) is 2. The van der Waals surface area contributed by atoms with Gasteiger partial charge in [0.15, 0.2) is 0 Å². The second-order valence-electron chi connectivity index (χ2n) is 9.15. The van der Waals surface area contributed by atoms with Crippen molar-refractivity contribution in [3.63, 3.8) is 0 Å². The van der Waals surface area contributed by atoms with E-state index < -0.39 is 18.4 Å². The number of methoxy groups -OCH3 is 1. The summed E-state index contributed by atoms with van der Waals surface area (Å²) in [5, 5.41) is 12.7. The number of urea groups is 1. The number of imidazole rings is 1. The highest BCUT2D eigenvalue weighted by Crippen LogP contribution is 2.32. The van der Waals surface area contributed by atoms with Crippen LogP contribution in [0, 0.1) is 0 Å². The van der Waals surface area contributed by atoms with E-state index in [4.69, 9.17) is 4.74 Å². The van der Waals surface area contributed by atoms with Crippen molar-refractivity contribution in [3.8, 4) is 16.9 Å². The van der Waals surface area contributed by atoms with E-state index in [1.54, 1.807) is 9.80 Å². The molecule has 3 amide bonds. The maximum atomic E-state index is 13.2. The average Bonchev–Trinajstić information content (AvgIpc) is 3.17. The first kappa shape index (κ1) is 23.9. The van der Waals surface area contributed by atoms with Crippen molar-refractivity contribution in [1.82, 2.24) is 19.8 Å². The zero-order valence-corrected chi connectivity index (χ0v) is 19.9. The van der Waals surface area contributed by atoms with Gasteiger partial charge >= 0.3 is 12.1 Å². The molecule has 36 heavy (non-hydrogen) atoms. The number of anilines is 1. The van der Waals surface area contributed by atoms with Gasteiger partial charge in [-0.3, -0.25) is 5.32 Å². The Morgan fingerprint density at radius 3 is 2.67 bits per heavy atom. The lowest BCUT2D eigenvalue weighted by Crippen LogP contribution is -2.52. The number of aliphatic hydroxyl groups is 1. The zero-order chi connectivity index (χ0) is 25.3. The van der Waals surface area contributed by atoms with Crippen molar-refractivity contribution < 1.29 is 28.6 Å². The van der Waals surface area contributed by atoms with Crippen LogP contribution < -0.4 is 10.1 Å². The fraction of sp³-hybridized carbons (Fsp3) is 0.400. The van der Waals surface area contributed by atoms with E-state index in [9.17, 15) is 19.1 Å². The summed E-state index contributed by atoms with van der Waals surface area (Å²) in [6.07, 6.45) is -0.151. The van der Waals surface area contributed by atoms with Crippen LogP contribution in [-0.4, -0.2) is 82.6 Å². The number of benzene rings is 2. The van der Waals surface area contributed by atoms with Crippen LogP contribution in [0.1, 0.15) is 18.4 Å². The highest BCUT2D eigenvalue weighted by Gasteiger charge is 2.35. The maximum absolute atomic E-state index is 13.2. The SMILES string of the molecule is COC(=O)Nc1nc2ccc(-c3ccc4c(c3)CN(C(=O)N3CCC(O)(CF)CC3)CCO4)cc2[nH]1. The molecular formula is C25H28FN5O5. The molecule has 2 aliphatic rings. The monoisotopic (exact) mass is 497 g/mol. The Morgan fingerprint density at radius 2 is 1.92 bits per heavy atom. The number of halogens is 1. The van der Waals surface area contributed by atoms with Gasteiger partial charge in [0.2, 0.25) is 5.95 Å². The zero-order valence-electron chi connectivity index (χ0n) is 19.9. The number of rotatable bonds is 3. The number of carbonyl (C=O) groups excluding carboxylic acids is 2. The number of nitrogens with one attached hydrogen (secondary N) is 2. The van der Waals surface area contributed by atoms with Crippen LogP contribution >= 0.6 is 0 Å². The quantitative estimate of drug-likeness (QED) is 0.509. The summed E-state index contributed by atoms with van der Waals surface area (Å²) in [5.41, 5.74) is 2.88. The van der Waals surface area contributed by atoms with Crippen LogP contribution in [0.4, 0.5) is 19.9 Å². The molecule has 1 saturated heterocycles. The van der Waals surface area contributed by atoms with E-state index in [0.29, 0.717) is 44.3 Å². The van der Waals surface area contributed by atoms with E-state index in [0.717, 1.165) is 28.0 Å². The van der Waals surface area contributed by atoms with E-state index in [2.05, 4.69) is 20.0 Å². The fourth-order valence-corrected chi connectivity index (χ4v) is 4.58. The Bertz CT molecular complexity index is 1290. The minimum absolute atomic E-state index is 0.137. The summed E-state index contributed by atoms with van der Waals surface area (Å²) < 4.78 is 23.6. The smallest absolute Gasteiger partial charge is 0.413 e. The third kappa shape index (κ3) is 4.78. The molecule has 1 fully saturated rings. The molecule has 2 aromatic carbocycles. The second kappa shape index (κ2) is 9.65. The molecule has 0 bridgehead atoms. The molecular weight excluding hydrogens is 469 g/mol. The van der Waals surface area contributed by atoms with Crippen LogP contribution in [-0.2, 0) is 11.3 Å². The van der Waals surface area contributed by atoms with Gasteiger partial charge in [-0.15, -0.1) is 0 Å². The Kier molecular flexibility index (Phi) is 6.40. The minimum Gasteiger partial charge on any atom is -0.491 e. The van der Waals surface area contributed by atoms with Crippen LogP contribution in [0.2, 0.25) is 0 Å². The van der Waals surface area contributed by atoms with Gasteiger partial charge in [0, 0.05) is 18.7 Å². The molecule has 3 N–H and O–H groups in total. The van der Waals surface area contributed by atoms with Crippen molar-refractivity contribution >= 4 is 29.1 Å². The lowest BCUT2D eigenvalue weighted by molar-refractivity contribution is -0.0329. The third-order valence-electron chi connectivity index (χ3n) is 6.75. The van der Waals surface area contributed by atoms with Crippen molar-refractivity contribution in [2.24, 2.45) is 0 Å². The van der Waals surface area contributed by atoms with E-state index >= 15 is 0 Å². The molecule has 0 unspecified atom stereocenters. The number of alkyl halides is 1. The summed E-state index contributed by atoms with van der Waals surface area (Å²) in [7, 11) is 1.28. The number of piperidine rings is 1. The van der Waals surface area contributed by atoms with Gasteiger partial charge in [-0.05, 0) is 48.2 Å². The molecule has 0 saturated carbocycles. The molecule has 190 valence electrons. The van der Waals surface area contributed by atoms with Crippen molar-refractivity contribution in [1.29, 1.82) is 0 Å². The highest BCUT2D eigenvalue weighted by atomic mass is 19.1. The first-order chi connectivity index (χ1) is 17.4. The largest absolute Gasteiger partial charge is 0.491 e. The number of H-pyrrole nitrogens is 1. The van der Waals surface area contributed by atoms with Gasteiger partial charge < -0.3 is 29.4 Å². The van der Waals surface area contributed by atoms with Crippen LogP contribution in [0.25, 0.3) is 22.2 Å². The van der Waals surface area contributed by atoms with Crippen molar-refractivity contribution in [2.75, 3.05) is 45.3 Å². The summed E-state index contributed by atoms with van der Waals surface area (Å²) >= 11 is 0. The standard InChI is InChI=1S/C25H28FN5O5/c1-35-23(32)29-22-27-19-4-2-17(13-20(19)28-22)16-3-5-21-18(12-16)14-31(10-11-36-21)24(33)30-8-6-25(34,15-26)7-9-30/h2-5,12-13,34H,6-11,14-15H2,1H3,(H2,27,28,29,32). The molecule has 1 aromatic heterocycles. The average molecular weight is 498 g/mol. The van der Waals surface area contributed by atoms with Gasteiger partial charge in [-0.1, -0.05) is 12.1 Å². The highest BCUT2D eigenvalue weighted by molar-refractivity contribution is 5.88. The number of likely N-dealkylation sites (tertiary alicyclic amines) is 1. The van der Waals surface area contributed by atoms with E-state index in [-0.39, 0.29) is 18.9 Å². The molecule has 10 nitrogen and oxygen atoms in total. The fourth-order valence-electron chi connectivity index (χ4n) is 4.58. The van der Waals surface area contributed by atoms with Crippen molar-refractivity contribution in [2.45, 2.75) is 25.0 Å². The molecule has 2 aliphatic heterocycles. The van der Waals surface area contributed by atoms with Gasteiger partial charge in [0.25, 0.3) is 0 Å². The number of nitrogens with zero attached hydrogens (tertiary/aromatic N) is 3. The number of aromatic amines is 1. The minimum atomic E-state index is -1.33. The molecule has 3 aromatic rings. The molecule has 5 rings (SSSR count). The number of amides is 3. The third-order valence-corrected chi connectivity index (χ3v) is 6.75. The lowest BCUT2D eigenvalue weighted by atomic mass is 9.93. The van der Waals surface area contributed by atoms with E-state index in [1.165, 1.54) is 7.11 Å². The van der Waals surface area contributed by atoms with Crippen LogP contribution in [0.5, 0.6) is 5.75 Å². The van der Waals surface area contributed by atoms with Crippen molar-refractivity contribution in [3.05, 3.63) is 42.0 Å². The van der Waals surface area contributed by atoms with Gasteiger partial charge in [-0.25, -0.2) is 19.0 Å². The Balaban J connectivity index is 1.34.